The first-order valence-corrected chi connectivity index (χ1v) is 19.5. The maximum atomic E-state index is 14.4. The Labute approximate surface area is 296 Å². The zero-order valence-corrected chi connectivity index (χ0v) is 29.5. The quantitative estimate of drug-likeness (QED) is 0.113. The molecule has 1 aliphatic heterocycles. The maximum Gasteiger partial charge on any atom is 0.289 e. The first kappa shape index (κ1) is 35.6. The van der Waals surface area contributed by atoms with Crippen molar-refractivity contribution in [3.05, 3.63) is 105 Å². The first-order valence-electron chi connectivity index (χ1n) is 17.2. The van der Waals surface area contributed by atoms with Crippen molar-refractivity contribution in [3.63, 3.8) is 0 Å². The molecule has 3 aromatic carbocycles. The topological polar surface area (TPSA) is 151 Å². The number of carbonyl (C=O) groups excluding carboxylic acids is 2. The van der Waals surface area contributed by atoms with Crippen LogP contribution in [0.4, 0.5) is 5.69 Å². The van der Waals surface area contributed by atoms with Gasteiger partial charge in [-0.25, -0.2) is 8.42 Å². The summed E-state index contributed by atoms with van der Waals surface area (Å²) in [6, 6.07) is 23.8. The Bertz CT molecular complexity index is 1890. The highest BCUT2D eigenvalue weighted by Crippen LogP contribution is 2.33. The fourth-order valence-electron chi connectivity index (χ4n) is 7.16. The number of amides is 2. The van der Waals surface area contributed by atoms with Crippen LogP contribution in [0.5, 0.6) is 0 Å². The molecular weight excluding hydrogens is 675 g/mol. The van der Waals surface area contributed by atoms with E-state index in [0.717, 1.165) is 54.4 Å². The van der Waals surface area contributed by atoms with Crippen LogP contribution >= 0.6 is 11.3 Å². The molecule has 1 aromatic heterocycles. The zero-order valence-electron chi connectivity index (χ0n) is 27.9. The molecular formula is C37H43N5O6S2. The van der Waals surface area contributed by atoms with E-state index in [1.54, 1.807) is 0 Å². The fraction of sp³-hybridized carbons (Fsp3) is 0.405. The maximum absolute atomic E-state index is 14.4. The number of carbonyl (C=O) groups is 2. The number of nitrogens with one attached hydrogen (secondary N) is 3. The third kappa shape index (κ3) is 8.23. The van der Waals surface area contributed by atoms with Crippen LogP contribution in [0.3, 0.4) is 0 Å². The summed E-state index contributed by atoms with van der Waals surface area (Å²) in [4.78, 5) is 39.4. The molecule has 2 fully saturated rings. The summed E-state index contributed by atoms with van der Waals surface area (Å²) in [6.45, 7) is 1.75. The van der Waals surface area contributed by atoms with Gasteiger partial charge < -0.3 is 16.0 Å². The Morgan fingerprint density at radius 3 is 2.38 bits per heavy atom. The lowest BCUT2D eigenvalue weighted by Gasteiger charge is -2.34. The van der Waals surface area contributed by atoms with Gasteiger partial charge in [-0.1, -0.05) is 73.5 Å². The highest BCUT2D eigenvalue weighted by atomic mass is 32.2. The average Bonchev–Trinajstić information content (AvgIpc) is 3.79. The number of piperidine rings is 1. The number of para-hydroxylation sites is 1. The molecule has 1 saturated carbocycles. The predicted molar refractivity (Wildman–Crippen MR) is 195 cm³/mol. The molecule has 0 spiro atoms. The molecule has 264 valence electrons. The van der Waals surface area contributed by atoms with Crippen LogP contribution in [-0.2, 0) is 21.2 Å². The van der Waals surface area contributed by atoms with E-state index in [-0.39, 0.29) is 29.8 Å². The van der Waals surface area contributed by atoms with E-state index in [1.807, 2.05) is 60.7 Å². The highest BCUT2D eigenvalue weighted by molar-refractivity contribution is 7.89. The molecule has 1 atom stereocenters. The van der Waals surface area contributed by atoms with Crippen molar-refractivity contribution < 1.29 is 22.9 Å². The molecule has 1 saturated heterocycles. The van der Waals surface area contributed by atoms with Gasteiger partial charge in [0.2, 0.25) is 15.9 Å². The number of nitro groups is 1. The lowest BCUT2D eigenvalue weighted by molar-refractivity contribution is -0.387. The van der Waals surface area contributed by atoms with Gasteiger partial charge in [-0.3, -0.25) is 19.7 Å². The second kappa shape index (κ2) is 15.8. The van der Waals surface area contributed by atoms with Gasteiger partial charge in [0, 0.05) is 29.9 Å². The molecule has 2 aliphatic rings. The number of rotatable bonds is 14. The van der Waals surface area contributed by atoms with Gasteiger partial charge in [0.05, 0.1) is 9.80 Å². The van der Waals surface area contributed by atoms with Gasteiger partial charge in [0.1, 0.15) is 5.54 Å². The summed E-state index contributed by atoms with van der Waals surface area (Å²) in [5.74, 6) is -0.370. The number of nitrogens with zero attached hydrogens (tertiary/aromatic N) is 2. The summed E-state index contributed by atoms with van der Waals surface area (Å²) >= 11 is 1.38. The number of hydrogen-bond donors (Lipinski definition) is 3. The number of nitro benzene ring substituents is 1. The summed E-state index contributed by atoms with van der Waals surface area (Å²) in [5.41, 5.74) is -0.745. The molecule has 4 aromatic rings. The number of thiophene rings is 1. The third-order valence-electron chi connectivity index (χ3n) is 9.90. The van der Waals surface area contributed by atoms with E-state index < -0.39 is 32.2 Å². The van der Waals surface area contributed by atoms with Crippen molar-refractivity contribution in [2.75, 3.05) is 26.2 Å². The smallest absolute Gasteiger partial charge is 0.289 e. The SMILES string of the molecule is O=C(NC1(C(=O)N[C@H](Cc2ccccc2)CN(CCC2CCNCC2)S(=O)(=O)c2ccccc2[N+](=O)[O-])CCCC1)c1cc2ccccc2s1. The van der Waals surface area contributed by atoms with Crippen LogP contribution in [0, 0.1) is 16.0 Å². The Kier molecular flexibility index (Phi) is 11.3. The summed E-state index contributed by atoms with van der Waals surface area (Å²) in [7, 11) is -4.35. The first-order chi connectivity index (χ1) is 24.1. The van der Waals surface area contributed by atoms with E-state index in [9.17, 15) is 28.1 Å². The molecule has 50 heavy (non-hydrogen) atoms. The summed E-state index contributed by atoms with van der Waals surface area (Å²) < 4.78 is 31.0. The van der Waals surface area contributed by atoms with Crippen molar-refractivity contribution in [3.8, 4) is 0 Å². The second-order valence-electron chi connectivity index (χ2n) is 13.3. The Morgan fingerprint density at radius 2 is 1.66 bits per heavy atom. The minimum atomic E-state index is -4.35. The number of fused-ring (bicyclic) bond motifs is 1. The number of sulfonamides is 1. The molecule has 1 aliphatic carbocycles. The van der Waals surface area contributed by atoms with Crippen molar-refractivity contribution in [2.24, 2.45) is 5.92 Å². The van der Waals surface area contributed by atoms with Crippen LogP contribution in [0.1, 0.15) is 60.2 Å². The highest BCUT2D eigenvalue weighted by Gasteiger charge is 2.44. The zero-order chi connectivity index (χ0) is 35.1. The van der Waals surface area contributed by atoms with Crippen molar-refractivity contribution in [1.82, 2.24) is 20.3 Å². The molecule has 0 unspecified atom stereocenters. The summed E-state index contributed by atoms with van der Waals surface area (Å²) in [6.07, 6.45) is 5.17. The number of benzene rings is 3. The molecule has 13 heteroatoms. The van der Waals surface area contributed by atoms with Crippen molar-refractivity contribution >= 4 is 48.9 Å². The van der Waals surface area contributed by atoms with Gasteiger partial charge in [-0.05, 0) is 86.7 Å². The van der Waals surface area contributed by atoms with Crippen molar-refractivity contribution in [2.45, 2.75) is 67.8 Å². The summed E-state index contributed by atoms with van der Waals surface area (Å²) in [5, 5.41) is 22.5. The molecule has 2 amide bonds. The largest absolute Gasteiger partial charge is 0.350 e. The minimum absolute atomic E-state index is 0.0969. The minimum Gasteiger partial charge on any atom is -0.350 e. The van der Waals surface area contributed by atoms with E-state index in [4.69, 9.17) is 0 Å². The monoisotopic (exact) mass is 717 g/mol. The van der Waals surface area contributed by atoms with Gasteiger partial charge in [-0.2, -0.15) is 4.31 Å². The Balaban J connectivity index is 1.29. The van der Waals surface area contributed by atoms with Gasteiger partial charge >= 0.3 is 0 Å². The standard InChI is InChI=1S/C37H43N5O6S2/c43-35(33-25-29-12-4-6-14-32(29)49-33)40-37(19-8-9-20-37)36(44)39-30(24-28-10-2-1-3-11-28)26-41(23-18-27-16-21-38-22-17-27)50(47,48)34-15-7-5-13-31(34)42(45)46/h1-7,10-15,25,27,30,38H,8-9,16-24,26H2,(H,39,44)(H,40,43)/t30-/m1/s1. The van der Waals surface area contributed by atoms with E-state index in [0.29, 0.717) is 36.5 Å². The van der Waals surface area contributed by atoms with Crippen LogP contribution in [0.2, 0.25) is 0 Å². The molecule has 11 nitrogen and oxygen atoms in total. The molecule has 3 N–H and O–H groups in total. The van der Waals surface area contributed by atoms with Gasteiger partial charge in [0.25, 0.3) is 11.6 Å². The van der Waals surface area contributed by atoms with E-state index >= 15 is 0 Å². The lowest BCUT2D eigenvalue weighted by Crippen LogP contribution is -2.60. The van der Waals surface area contributed by atoms with Gasteiger partial charge in [0.15, 0.2) is 4.90 Å². The lowest BCUT2D eigenvalue weighted by atomic mass is 9.94. The molecule has 0 bridgehead atoms. The van der Waals surface area contributed by atoms with E-state index in [2.05, 4.69) is 16.0 Å². The predicted octanol–water partition coefficient (Wildman–Crippen LogP) is 5.66. The second-order valence-corrected chi connectivity index (χ2v) is 16.3. The normalized spacial score (nSPS) is 17.1. The van der Waals surface area contributed by atoms with Crippen LogP contribution in [0.25, 0.3) is 10.1 Å². The fourth-order valence-corrected chi connectivity index (χ4v) is 9.78. The van der Waals surface area contributed by atoms with Crippen LogP contribution in [0.15, 0.2) is 89.8 Å². The van der Waals surface area contributed by atoms with Crippen molar-refractivity contribution in [1.29, 1.82) is 0 Å². The van der Waals surface area contributed by atoms with Crippen LogP contribution < -0.4 is 16.0 Å². The Hall–Kier alpha value is -4.17. The van der Waals surface area contributed by atoms with Gasteiger partial charge in [-0.15, -0.1) is 11.3 Å². The average molecular weight is 718 g/mol. The van der Waals surface area contributed by atoms with E-state index in [1.165, 1.54) is 39.9 Å². The third-order valence-corrected chi connectivity index (χ3v) is 12.9. The van der Waals surface area contributed by atoms with Crippen LogP contribution in [-0.4, -0.2) is 67.2 Å². The Morgan fingerprint density at radius 1 is 0.980 bits per heavy atom. The molecule has 0 radical (unpaired) electrons. The number of hydrogen-bond acceptors (Lipinski definition) is 8. The molecule has 2 heterocycles. The molecule has 6 rings (SSSR count).